The molecule has 0 aliphatic rings. The number of anilines is 1. The minimum absolute atomic E-state index is 0.0973. The number of rotatable bonds is 8. The standard InChI is InChI=1S/C21H23N3O3/c1-3-24(14-20(25)23-17-10-7-11-18(12-17)26-2)15-21-22-13-19(27-21)16-8-5-4-6-9-16/h4-13H,3,14-15H2,1-2H3,(H,23,25). The van der Waals surface area contributed by atoms with Gasteiger partial charge in [0, 0.05) is 17.3 Å². The molecule has 0 saturated heterocycles. The van der Waals surface area contributed by atoms with Crippen LogP contribution >= 0.6 is 0 Å². The first kappa shape index (κ1) is 18.7. The second-order valence-electron chi connectivity index (χ2n) is 6.07. The number of oxazole rings is 1. The van der Waals surface area contributed by atoms with Crippen molar-refractivity contribution in [2.75, 3.05) is 25.5 Å². The Kier molecular flexibility index (Phi) is 6.22. The summed E-state index contributed by atoms with van der Waals surface area (Å²) in [4.78, 5) is 18.7. The van der Waals surface area contributed by atoms with Crippen LogP contribution in [0, 0.1) is 0 Å². The fourth-order valence-electron chi connectivity index (χ4n) is 2.69. The van der Waals surface area contributed by atoms with Crippen molar-refractivity contribution in [2.45, 2.75) is 13.5 Å². The molecule has 6 nitrogen and oxygen atoms in total. The van der Waals surface area contributed by atoms with E-state index in [2.05, 4.69) is 10.3 Å². The van der Waals surface area contributed by atoms with Crippen LogP contribution in [-0.4, -0.2) is 36.0 Å². The van der Waals surface area contributed by atoms with Crippen molar-refractivity contribution in [3.05, 3.63) is 66.7 Å². The van der Waals surface area contributed by atoms with Gasteiger partial charge < -0.3 is 14.5 Å². The van der Waals surface area contributed by atoms with Crippen LogP contribution in [0.25, 0.3) is 11.3 Å². The second kappa shape index (κ2) is 9.00. The highest BCUT2D eigenvalue weighted by molar-refractivity contribution is 5.92. The third-order valence-electron chi connectivity index (χ3n) is 4.14. The van der Waals surface area contributed by atoms with E-state index in [9.17, 15) is 4.79 Å². The van der Waals surface area contributed by atoms with Gasteiger partial charge >= 0.3 is 0 Å². The molecule has 2 aromatic carbocycles. The molecule has 0 bridgehead atoms. The van der Waals surface area contributed by atoms with Crippen LogP contribution < -0.4 is 10.1 Å². The summed E-state index contributed by atoms with van der Waals surface area (Å²) in [6.07, 6.45) is 1.72. The molecule has 27 heavy (non-hydrogen) atoms. The van der Waals surface area contributed by atoms with Crippen molar-refractivity contribution in [1.29, 1.82) is 0 Å². The van der Waals surface area contributed by atoms with Crippen molar-refractivity contribution >= 4 is 11.6 Å². The van der Waals surface area contributed by atoms with Gasteiger partial charge in [0.1, 0.15) is 5.75 Å². The van der Waals surface area contributed by atoms with E-state index in [1.54, 1.807) is 19.4 Å². The van der Waals surface area contributed by atoms with Gasteiger partial charge in [-0.05, 0) is 18.7 Å². The summed E-state index contributed by atoms with van der Waals surface area (Å²) in [6.45, 7) is 3.42. The zero-order valence-corrected chi connectivity index (χ0v) is 15.5. The van der Waals surface area contributed by atoms with E-state index >= 15 is 0 Å². The lowest BCUT2D eigenvalue weighted by Gasteiger charge is -2.18. The highest BCUT2D eigenvalue weighted by Gasteiger charge is 2.14. The number of nitrogens with one attached hydrogen (secondary N) is 1. The summed E-state index contributed by atoms with van der Waals surface area (Å²) in [5.74, 6) is 1.92. The molecule has 3 rings (SSSR count). The molecular formula is C21H23N3O3. The Hall–Kier alpha value is -3.12. The Bertz CT molecular complexity index is 877. The Labute approximate surface area is 158 Å². The Morgan fingerprint density at radius 1 is 1.19 bits per heavy atom. The summed E-state index contributed by atoms with van der Waals surface area (Å²) >= 11 is 0. The lowest BCUT2D eigenvalue weighted by molar-refractivity contribution is -0.117. The highest BCUT2D eigenvalue weighted by atomic mass is 16.5. The maximum Gasteiger partial charge on any atom is 0.238 e. The number of benzene rings is 2. The van der Waals surface area contributed by atoms with Crippen LogP contribution in [0.4, 0.5) is 5.69 Å². The third-order valence-corrected chi connectivity index (χ3v) is 4.14. The molecule has 0 atom stereocenters. The average molecular weight is 365 g/mol. The monoisotopic (exact) mass is 365 g/mol. The Morgan fingerprint density at radius 2 is 2.00 bits per heavy atom. The van der Waals surface area contributed by atoms with Crippen LogP contribution in [0.3, 0.4) is 0 Å². The van der Waals surface area contributed by atoms with Crippen molar-refractivity contribution in [3.63, 3.8) is 0 Å². The molecule has 140 valence electrons. The molecule has 0 aliphatic carbocycles. The van der Waals surface area contributed by atoms with Crippen LogP contribution in [0.5, 0.6) is 5.75 Å². The van der Waals surface area contributed by atoms with Gasteiger partial charge in [-0.3, -0.25) is 9.69 Å². The van der Waals surface area contributed by atoms with Gasteiger partial charge in [-0.25, -0.2) is 4.98 Å². The molecular weight excluding hydrogens is 342 g/mol. The predicted molar refractivity (Wildman–Crippen MR) is 105 cm³/mol. The number of methoxy groups -OCH3 is 1. The molecule has 0 radical (unpaired) electrons. The number of carbonyl (C=O) groups excluding carboxylic acids is 1. The van der Waals surface area contributed by atoms with E-state index in [4.69, 9.17) is 9.15 Å². The predicted octanol–water partition coefficient (Wildman–Crippen LogP) is 3.81. The molecule has 0 spiro atoms. The van der Waals surface area contributed by atoms with Gasteiger partial charge in [0.2, 0.25) is 11.8 Å². The smallest absolute Gasteiger partial charge is 0.238 e. The first-order valence-electron chi connectivity index (χ1n) is 8.84. The van der Waals surface area contributed by atoms with Crippen LogP contribution in [-0.2, 0) is 11.3 Å². The lowest BCUT2D eigenvalue weighted by atomic mass is 10.2. The van der Waals surface area contributed by atoms with E-state index in [-0.39, 0.29) is 12.5 Å². The molecule has 0 saturated carbocycles. The van der Waals surface area contributed by atoms with Gasteiger partial charge in [-0.15, -0.1) is 0 Å². The normalized spacial score (nSPS) is 10.8. The van der Waals surface area contributed by atoms with Crippen molar-refractivity contribution in [3.8, 4) is 17.1 Å². The van der Waals surface area contributed by atoms with Crippen LogP contribution in [0.15, 0.2) is 65.2 Å². The van der Waals surface area contributed by atoms with E-state index in [0.717, 1.165) is 11.3 Å². The number of hydrogen-bond donors (Lipinski definition) is 1. The van der Waals surface area contributed by atoms with Crippen molar-refractivity contribution < 1.29 is 13.9 Å². The Morgan fingerprint density at radius 3 is 2.74 bits per heavy atom. The molecule has 1 amide bonds. The number of carbonyl (C=O) groups is 1. The highest BCUT2D eigenvalue weighted by Crippen LogP contribution is 2.20. The third kappa shape index (κ3) is 5.18. The summed E-state index contributed by atoms with van der Waals surface area (Å²) in [6, 6.07) is 17.1. The van der Waals surface area contributed by atoms with E-state index in [1.165, 1.54) is 0 Å². The van der Waals surface area contributed by atoms with Gasteiger partial charge in [0.15, 0.2) is 5.76 Å². The number of hydrogen-bond acceptors (Lipinski definition) is 5. The van der Waals surface area contributed by atoms with Crippen LogP contribution in [0.2, 0.25) is 0 Å². The van der Waals surface area contributed by atoms with Gasteiger partial charge in [0.05, 0.1) is 26.4 Å². The average Bonchev–Trinajstić information content (AvgIpc) is 3.16. The number of likely N-dealkylation sites (N-methyl/N-ethyl adjacent to an activating group) is 1. The van der Waals surface area contributed by atoms with Gasteiger partial charge in [-0.2, -0.15) is 0 Å². The van der Waals surface area contributed by atoms with Crippen molar-refractivity contribution in [2.24, 2.45) is 0 Å². The van der Waals surface area contributed by atoms with Gasteiger partial charge in [0.25, 0.3) is 0 Å². The molecule has 1 heterocycles. The minimum Gasteiger partial charge on any atom is -0.497 e. The first-order valence-corrected chi connectivity index (χ1v) is 8.84. The molecule has 1 N–H and O–H groups in total. The molecule has 0 aliphatic heterocycles. The second-order valence-corrected chi connectivity index (χ2v) is 6.07. The molecule has 3 aromatic rings. The molecule has 1 aromatic heterocycles. The molecule has 6 heteroatoms. The summed E-state index contributed by atoms with van der Waals surface area (Å²) in [5, 5.41) is 2.89. The first-order chi connectivity index (χ1) is 13.2. The zero-order valence-electron chi connectivity index (χ0n) is 15.5. The largest absolute Gasteiger partial charge is 0.497 e. The van der Waals surface area contributed by atoms with Gasteiger partial charge in [-0.1, -0.05) is 43.3 Å². The SMILES string of the molecule is CCN(CC(=O)Nc1cccc(OC)c1)Cc1ncc(-c2ccccc2)o1. The van der Waals surface area contributed by atoms with Crippen molar-refractivity contribution in [1.82, 2.24) is 9.88 Å². The summed E-state index contributed by atoms with van der Waals surface area (Å²) < 4.78 is 11.0. The summed E-state index contributed by atoms with van der Waals surface area (Å²) in [7, 11) is 1.60. The number of nitrogens with zero attached hydrogens (tertiary/aromatic N) is 2. The quantitative estimate of drug-likeness (QED) is 0.657. The van der Waals surface area contributed by atoms with E-state index < -0.39 is 0 Å². The summed E-state index contributed by atoms with van der Waals surface area (Å²) in [5.41, 5.74) is 1.69. The fourth-order valence-corrected chi connectivity index (χ4v) is 2.69. The topological polar surface area (TPSA) is 67.6 Å². The lowest BCUT2D eigenvalue weighted by Crippen LogP contribution is -2.32. The maximum absolute atomic E-state index is 12.4. The molecule has 0 unspecified atom stereocenters. The zero-order chi connectivity index (χ0) is 19.1. The number of amides is 1. The Balaban J connectivity index is 1.59. The number of aromatic nitrogens is 1. The molecule has 0 fully saturated rings. The maximum atomic E-state index is 12.4. The number of ether oxygens (including phenoxy) is 1. The van der Waals surface area contributed by atoms with E-state index in [0.29, 0.717) is 30.4 Å². The van der Waals surface area contributed by atoms with E-state index in [1.807, 2.05) is 60.4 Å². The minimum atomic E-state index is -0.0973. The fraction of sp³-hybridized carbons (Fsp3) is 0.238. The van der Waals surface area contributed by atoms with Crippen LogP contribution in [0.1, 0.15) is 12.8 Å².